The minimum atomic E-state index is -1.24. The molecular weight excluding hydrogens is 196 g/mol. The monoisotopic (exact) mass is 208 g/mol. The standard InChI is InChI=1S/C7H12O5S/c1-3(8)12-7-6(11)5(10)4(9)2-13-7/h4-7,9-11H,2H2,1H3/t4-,5-,6-,7-/m1/s1. The predicted molar refractivity (Wildman–Crippen MR) is 46.0 cm³/mol. The summed E-state index contributed by atoms with van der Waals surface area (Å²) in [6.45, 7) is 1.23. The predicted octanol–water partition coefficient (Wildman–Crippen LogP) is -1.29. The van der Waals surface area contributed by atoms with Gasteiger partial charge in [-0.05, 0) is 0 Å². The van der Waals surface area contributed by atoms with E-state index in [9.17, 15) is 15.0 Å². The molecule has 76 valence electrons. The van der Waals surface area contributed by atoms with E-state index in [2.05, 4.69) is 0 Å². The van der Waals surface area contributed by atoms with Crippen LogP contribution >= 0.6 is 11.8 Å². The SMILES string of the molecule is CC(=O)O[C@@H]1SC[C@@H](O)[C@@H](O)[C@H]1O. The van der Waals surface area contributed by atoms with Crippen LogP contribution in [0.5, 0.6) is 0 Å². The number of aliphatic hydroxyl groups excluding tert-OH is 3. The van der Waals surface area contributed by atoms with Gasteiger partial charge in [0.05, 0.1) is 6.10 Å². The fourth-order valence-electron chi connectivity index (χ4n) is 1.05. The van der Waals surface area contributed by atoms with Gasteiger partial charge in [-0.1, -0.05) is 0 Å². The van der Waals surface area contributed by atoms with Crippen LogP contribution in [0.1, 0.15) is 6.92 Å². The van der Waals surface area contributed by atoms with Crippen LogP contribution in [0.25, 0.3) is 0 Å². The molecular formula is C7H12O5S. The lowest BCUT2D eigenvalue weighted by Gasteiger charge is -2.33. The molecule has 1 saturated heterocycles. The van der Waals surface area contributed by atoms with Crippen molar-refractivity contribution in [2.45, 2.75) is 30.7 Å². The molecule has 0 saturated carbocycles. The Kier molecular flexibility index (Phi) is 3.55. The van der Waals surface area contributed by atoms with Crippen LogP contribution in [0, 0.1) is 0 Å². The van der Waals surface area contributed by atoms with Crippen LogP contribution in [0.15, 0.2) is 0 Å². The molecule has 0 aromatic heterocycles. The molecule has 3 N–H and O–H groups in total. The van der Waals surface area contributed by atoms with E-state index in [0.29, 0.717) is 0 Å². The van der Waals surface area contributed by atoms with E-state index in [0.717, 1.165) is 11.8 Å². The lowest BCUT2D eigenvalue weighted by molar-refractivity contribution is -0.153. The summed E-state index contributed by atoms with van der Waals surface area (Å²) >= 11 is 1.11. The first-order valence-electron chi connectivity index (χ1n) is 3.85. The molecule has 0 aliphatic carbocycles. The number of aliphatic hydroxyl groups is 3. The molecule has 0 aromatic carbocycles. The third-order valence-electron chi connectivity index (χ3n) is 1.74. The zero-order valence-corrected chi connectivity index (χ0v) is 7.90. The zero-order chi connectivity index (χ0) is 10.0. The van der Waals surface area contributed by atoms with E-state index in [-0.39, 0.29) is 5.75 Å². The summed E-state index contributed by atoms with van der Waals surface area (Å²) in [6.07, 6.45) is -3.44. The summed E-state index contributed by atoms with van der Waals surface area (Å²) in [5.74, 6) is -0.268. The van der Waals surface area contributed by atoms with Gasteiger partial charge in [0.1, 0.15) is 12.2 Å². The van der Waals surface area contributed by atoms with Crippen molar-refractivity contribution in [1.29, 1.82) is 0 Å². The van der Waals surface area contributed by atoms with Gasteiger partial charge in [-0.25, -0.2) is 0 Å². The van der Waals surface area contributed by atoms with E-state index in [1.54, 1.807) is 0 Å². The highest BCUT2D eigenvalue weighted by Gasteiger charge is 2.38. The Morgan fingerprint density at radius 3 is 2.54 bits per heavy atom. The van der Waals surface area contributed by atoms with Gasteiger partial charge in [0.15, 0.2) is 5.44 Å². The molecule has 0 unspecified atom stereocenters. The summed E-state index contributed by atoms with van der Waals surface area (Å²) in [5.41, 5.74) is -0.782. The van der Waals surface area contributed by atoms with Crippen molar-refractivity contribution in [1.82, 2.24) is 0 Å². The van der Waals surface area contributed by atoms with E-state index >= 15 is 0 Å². The average Bonchev–Trinajstić information content (AvgIpc) is 2.06. The van der Waals surface area contributed by atoms with Crippen molar-refractivity contribution in [2.24, 2.45) is 0 Å². The van der Waals surface area contributed by atoms with Crippen molar-refractivity contribution in [3.05, 3.63) is 0 Å². The van der Waals surface area contributed by atoms with Gasteiger partial charge in [-0.2, -0.15) is 0 Å². The maximum Gasteiger partial charge on any atom is 0.303 e. The third kappa shape index (κ3) is 2.57. The first kappa shape index (κ1) is 10.8. The fourth-order valence-corrected chi connectivity index (χ4v) is 2.19. The lowest BCUT2D eigenvalue weighted by atomic mass is 10.1. The number of hydrogen-bond donors (Lipinski definition) is 3. The molecule has 5 nitrogen and oxygen atoms in total. The van der Waals surface area contributed by atoms with E-state index in [1.165, 1.54) is 6.92 Å². The second kappa shape index (κ2) is 4.28. The summed E-state index contributed by atoms with van der Waals surface area (Å²) in [7, 11) is 0. The van der Waals surface area contributed by atoms with Crippen LogP contribution in [0.4, 0.5) is 0 Å². The molecule has 1 aliphatic rings. The summed E-state index contributed by atoms with van der Waals surface area (Å²) in [4.78, 5) is 10.6. The van der Waals surface area contributed by atoms with E-state index < -0.39 is 29.7 Å². The van der Waals surface area contributed by atoms with Crippen LogP contribution in [0.2, 0.25) is 0 Å². The van der Waals surface area contributed by atoms with Crippen molar-refractivity contribution in [3.8, 4) is 0 Å². The van der Waals surface area contributed by atoms with Gasteiger partial charge in [0, 0.05) is 12.7 Å². The number of carbonyl (C=O) groups is 1. The van der Waals surface area contributed by atoms with Crippen molar-refractivity contribution in [2.75, 3.05) is 5.75 Å². The molecule has 1 rings (SSSR count). The molecule has 13 heavy (non-hydrogen) atoms. The molecule has 0 spiro atoms. The Balaban J connectivity index is 2.53. The third-order valence-corrected chi connectivity index (χ3v) is 2.97. The quantitative estimate of drug-likeness (QED) is 0.465. The minimum Gasteiger partial charge on any atom is -0.449 e. The van der Waals surface area contributed by atoms with Gasteiger partial charge >= 0.3 is 5.97 Å². The Labute approximate surface area is 79.7 Å². The number of rotatable bonds is 1. The number of thioether (sulfide) groups is 1. The Morgan fingerprint density at radius 2 is 2.00 bits per heavy atom. The average molecular weight is 208 g/mol. The normalized spacial score (nSPS) is 40.0. The Hall–Kier alpha value is -0.300. The molecule has 0 aromatic rings. The summed E-state index contributed by atoms with van der Waals surface area (Å²) in [6, 6.07) is 0. The summed E-state index contributed by atoms with van der Waals surface area (Å²) in [5, 5.41) is 27.7. The largest absolute Gasteiger partial charge is 0.449 e. The Morgan fingerprint density at radius 1 is 1.38 bits per heavy atom. The van der Waals surface area contributed by atoms with Gasteiger partial charge in [-0.15, -0.1) is 11.8 Å². The number of carbonyl (C=O) groups excluding carboxylic acids is 1. The van der Waals surface area contributed by atoms with Crippen LogP contribution < -0.4 is 0 Å². The van der Waals surface area contributed by atoms with Crippen molar-refractivity contribution >= 4 is 17.7 Å². The molecule has 0 amide bonds. The number of hydrogen-bond acceptors (Lipinski definition) is 6. The second-order valence-electron chi connectivity index (χ2n) is 2.86. The topological polar surface area (TPSA) is 87.0 Å². The number of ether oxygens (including phenoxy) is 1. The highest BCUT2D eigenvalue weighted by molar-refractivity contribution is 7.99. The fraction of sp³-hybridized carbons (Fsp3) is 0.857. The zero-order valence-electron chi connectivity index (χ0n) is 7.08. The first-order chi connectivity index (χ1) is 6.02. The molecule has 6 heteroatoms. The lowest BCUT2D eigenvalue weighted by Crippen LogP contribution is -2.50. The van der Waals surface area contributed by atoms with Crippen molar-refractivity contribution in [3.63, 3.8) is 0 Å². The van der Waals surface area contributed by atoms with Crippen LogP contribution in [0.3, 0.4) is 0 Å². The highest BCUT2D eigenvalue weighted by Crippen LogP contribution is 2.27. The van der Waals surface area contributed by atoms with Crippen molar-refractivity contribution < 1.29 is 24.9 Å². The van der Waals surface area contributed by atoms with Gasteiger partial charge in [0.2, 0.25) is 0 Å². The maximum atomic E-state index is 10.6. The van der Waals surface area contributed by atoms with Crippen LogP contribution in [-0.2, 0) is 9.53 Å². The molecule has 1 fully saturated rings. The van der Waals surface area contributed by atoms with Crippen LogP contribution in [-0.4, -0.2) is 50.8 Å². The van der Waals surface area contributed by atoms with E-state index in [1.807, 2.05) is 0 Å². The summed E-state index contributed by atoms with van der Waals surface area (Å²) < 4.78 is 4.73. The maximum absolute atomic E-state index is 10.6. The minimum absolute atomic E-state index is 0.246. The van der Waals surface area contributed by atoms with Gasteiger partial charge in [-0.3, -0.25) is 4.79 Å². The molecule has 0 radical (unpaired) electrons. The van der Waals surface area contributed by atoms with Gasteiger partial charge < -0.3 is 20.1 Å². The number of esters is 1. The highest BCUT2D eigenvalue weighted by atomic mass is 32.2. The molecule has 1 heterocycles. The second-order valence-corrected chi connectivity index (χ2v) is 3.99. The smallest absolute Gasteiger partial charge is 0.303 e. The first-order valence-corrected chi connectivity index (χ1v) is 4.90. The molecule has 1 aliphatic heterocycles. The Bertz CT molecular complexity index is 197. The van der Waals surface area contributed by atoms with E-state index in [4.69, 9.17) is 9.84 Å². The van der Waals surface area contributed by atoms with Gasteiger partial charge in [0.25, 0.3) is 0 Å². The molecule has 4 atom stereocenters. The molecule has 0 bridgehead atoms.